The van der Waals surface area contributed by atoms with E-state index in [9.17, 15) is 14.7 Å². The third-order valence-electron chi connectivity index (χ3n) is 4.43. The quantitative estimate of drug-likeness (QED) is 0.698. The topological polar surface area (TPSA) is 87.4 Å². The lowest BCUT2D eigenvalue weighted by Crippen LogP contribution is -2.31. The van der Waals surface area contributed by atoms with Crippen LogP contribution in [-0.4, -0.2) is 20.9 Å². The van der Waals surface area contributed by atoms with Crippen molar-refractivity contribution in [2.45, 2.75) is 27.2 Å². The molecule has 3 rings (SSSR count). The summed E-state index contributed by atoms with van der Waals surface area (Å²) in [4.78, 5) is 31.2. The van der Waals surface area contributed by atoms with Crippen molar-refractivity contribution in [1.29, 1.82) is 0 Å². The van der Waals surface area contributed by atoms with Crippen LogP contribution in [0.5, 0.6) is 5.88 Å². The Kier molecular flexibility index (Phi) is 5.07. The maximum atomic E-state index is 12.4. The van der Waals surface area contributed by atoms with Crippen LogP contribution in [0.15, 0.2) is 57.0 Å². The minimum Gasteiger partial charge on any atom is -0.493 e. The molecule has 0 aliphatic heterocycles. The Balaban J connectivity index is 2.18. The second-order valence-corrected chi connectivity index (χ2v) is 6.36. The maximum absolute atomic E-state index is 12.4. The number of nitrogens with zero attached hydrogens (tertiary/aromatic N) is 2. The van der Waals surface area contributed by atoms with Gasteiger partial charge in [0, 0.05) is 6.21 Å². The molecule has 2 aromatic carbocycles. The van der Waals surface area contributed by atoms with Crippen LogP contribution in [0, 0.1) is 13.8 Å². The van der Waals surface area contributed by atoms with E-state index in [1.165, 1.54) is 6.21 Å². The number of aromatic hydroxyl groups is 1. The van der Waals surface area contributed by atoms with Crippen LogP contribution in [-0.2, 0) is 6.42 Å². The number of aromatic amines is 1. The van der Waals surface area contributed by atoms with Crippen LogP contribution in [0.2, 0.25) is 0 Å². The predicted octanol–water partition coefficient (Wildman–Crippen LogP) is 3.16. The Hall–Kier alpha value is -3.41. The number of aromatic nitrogens is 2. The normalized spacial score (nSPS) is 11.2. The van der Waals surface area contributed by atoms with Crippen LogP contribution in [0.1, 0.15) is 29.2 Å². The smallest absolute Gasteiger partial charge is 0.335 e. The molecule has 138 valence electrons. The third kappa shape index (κ3) is 3.60. The maximum Gasteiger partial charge on any atom is 0.335 e. The van der Waals surface area contributed by atoms with Crippen LogP contribution < -0.4 is 11.2 Å². The number of hydrogen-bond acceptors (Lipinski definition) is 4. The lowest BCUT2D eigenvalue weighted by atomic mass is 10.1. The summed E-state index contributed by atoms with van der Waals surface area (Å²) in [5.74, 6) is -0.432. The van der Waals surface area contributed by atoms with Gasteiger partial charge in [-0.2, -0.15) is 0 Å². The van der Waals surface area contributed by atoms with Crippen LogP contribution in [0.4, 0.5) is 5.69 Å². The highest BCUT2D eigenvalue weighted by Gasteiger charge is 2.16. The van der Waals surface area contributed by atoms with Gasteiger partial charge < -0.3 is 5.11 Å². The van der Waals surface area contributed by atoms with E-state index in [0.29, 0.717) is 17.8 Å². The highest BCUT2D eigenvalue weighted by Crippen LogP contribution is 2.22. The number of rotatable bonds is 4. The molecule has 0 aliphatic carbocycles. The zero-order valence-corrected chi connectivity index (χ0v) is 15.5. The summed E-state index contributed by atoms with van der Waals surface area (Å²) in [7, 11) is 0. The SMILES string of the molecule is CCc1ccccc1-n1c(O)c(C=Nc2cc(C)ccc2C)c(=O)[nH]c1=O. The summed E-state index contributed by atoms with van der Waals surface area (Å²) in [6, 6.07) is 13.0. The second kappa shape index (κ2) is 7.45. The minimum absolute atomic E-state index is 0.0681. The van der Waals surface area contributed by atoms with Crippen molar-refractivity contribution in [3.8, 4) is 11.6 Å². The molecule has 0 spiro atoms. The molecule has 0 unspecified atom stereocenters. The molecule has 0 radical (unpaired) electrons. The van der Waals surface area contributed by atoms with Gasteiger partial charge in [-0.05, 0) is 49.1 Å². The van der Waals surface area contributed by atoms with Gasteiger partial charge in [0.2, 0.25) is 5.88 Å². The zero-order chi connectivity index (χ0) is 19.6. The van der Waals surface area contributed by atoms with Gasteiger partial charge in [0.25, 0.3) is 5.56 Å². The molecule has 3 aromatic rings. The Bertz CT molecular complexity index is 1140. The summed E-state index contributed by atoms with van der Waals surface area (Å²) in [5, 5.41) is 10.7. The van der Waals surface area contributed by atoms with Crippen molar-refractivity contribution in [1.82, 2.24) is 9.55 Å². The van der Waals surface area contributed by atoms with Crippen LogP contribution in [0.25, 0.3) is 5.69 Å². The molecule has 6 nitrogen and oxygen atoms in total. The molecule has 0 atom stereocenters. The van der Waals surface area contributed by atoms with Crippen LogP contribution >= 0.6 is 0 Å². The fraction of sp³-hybridized carbons (Fsp3) is 0.190. The molecule has 27 heavy (non-hydrogen) atoms. The van der Waals surface area contributed by atoms with Crippen molar-refractivity contribution in [3.05, 3.63) is 85.6 Å². The average Bonchev–Trinajstić information content (AvgIpc) is 2.64. The molecule has 0 saturated carbocycles. The predicted molar refractivity (Wildman–Crippen MR) is 107 cm³/mol. The highest BCUT2D eigenvalue weighted by molar-refractivity contribution is 5.84. The average molecular weight is 363 g/mol. The van der Waals surface area contributed by atoms with E-state index in [0.717, 1.165) is 21.3 Å². The number of benzene rings is 2. The van der Waals surface area contributed by atoms with E-state index in [4.69, 9.17) is 0 Å². The van der Waals surface area contributed by atoms with Gasteiger partial charge in [0.15, 0.2) is 0 Å². The molecule has 0 aliphatic rings. The van der Waals surface area contributed by atoms with E-state index in [1.807, 2.05) is 51.1 Å². The molecule has 2 N–H and O–H groups in total. The van der Waals surface area contributed by atoms with E-state index >= 15 is 0 Å². The van der Waals surface area contributed by atoms with Gasteiger partial charge in [-0.15, -0.1) is 0 Å². The van der Waals surface area contributed by atoms with E-state index in [-0.39, 0.29) is 5.56 Å². The summed E-state index contributed by atoms with van der Waals surface area (Å²) >= 11 is 0. The fourth-order valence-electron chi connectivity index (χ4n) is 2.90. The lowest BCUT2D eigenvalue weighted by Gasteiger charge is -2.13. The molecular weight excluding hydrogens is 342 g/mol. The molecule has 1 aromatic heterocycles. The van der Waals surface area contributed by atoms with E-state index in [2.05, 4.69) is 9.98 Å². The Morgan fingerprint density at radius 2 is 1.89 bits per heavy atom. The van der Waals surface area contributed by atoms with Gasteiger partial charge >= 0.3 is 5.69 Å². The van der Waals surface area contributed by atoms with Gasteiger partial charge in [0.1, 0.15) is 5.56 Å². The first-order chi connectivity index (χ1) is 12.9. The monoisotopic (exact) mass is 363 g/mol. The van der Waals surface area contributed by atoms with Gasteiger partial charge in [-0.3, -0.25) is 14.8 Å². The summed E-state index contributed by atoms with van der Waals surface area (Å²) < 4.78 is 1.10. The first kappa shape index (κ1) is 18.4. The second-order valence-electron chi connectivity index (χ2n) is 6.36. The molecule has 0 saturated heterocycles. The largest absolute Gasteiger partial charge is 0.493 e. The number of aliphatic imine (C=N–C) groups is 1. The number of hydrogen-bond donors (Lipinski definition) is 2. The van der Waals surface area contributed by atoms with Gasteiger partial charge in [0.05, 0.1) is 11.4 Å². The summed E-state index contributed by atoms with van der Waals surface area (Å²) in [6.45, 7) is 5.81. The number of nitrogens with one attached hydrogen (secondary N) is 1. The molecular formula is C21H21N3O3. The number of para-hydroxylation sites is 1. The lowest BCUT2D eigenvalue weighted by molar-refractivity contribution is 0.429. The fourth-order valence-corrected chi connectivity index (χ4v) is 2.90. The van der Waals surface area contributed by atoms with Crippen molar-refractivity contribution >= 4 is 11.9 Å². The third-order valence-corrected chi connectivity index (χ3v) is 4.43. The highest BCUT2D eigenvalue weighted by atomic mass is 16.3. The van der Waals surface area contributed by atoms with Crippen molar-refractivity contribution in [3.63, 3.8) is 0 Å². The molecule has 0 amide bonds. The minimum atomic E-state index is -0.692. The zero-order valence-electron chi connectivity index (χ0n) is 15.5. The summed E-state index contributed by atoms with van der Waals surface area (Å²) in [6.07, 6.45) is 1.97. The molecule has 1 heterocycles. The van der Waals surface area contributed by atoms with E-state index < -0.39 is 17.1 Å². The van der Waals surface area contributed by atoms with Crippen LogP contribution in [0.3, 0.4) is 0 Å². The van der Waals surface area contributed by atoms with Crippen molar-refractivity contribution < 1.29 is 5.11 Å². The number of H-pyrrole nitrogens is 1. The molecule has 0 bridgehead atoms. The standard InChI is InChI=1S/C21H21N3O3/c1-4-15-7-5-6-8-18(15)24-20(26)16(19(25)23-21(24)27)12-22-17-11-13(2)9-10-14(17)3/h5-12,26H,4H2,1-3H3,(H,23,25,27). The Morgan fingerprint density at radius 1 is 1.15 bits per heavy atom. The molecule has 0 fully saturated rings. The Morgan fingerprint density at radius 3 is 2.63 bits per heavy atom. The summed E-state index contributed by atoms with van der Waals surface area (Å²) in [5.41, 5.74) is 2.63. The van der Waals surface area contributed by atoms with Gasteiger partial charge in [-0.1, -0.05) is 37.3 Å². The molecule has 6 heteroatoms. The van der Waals surface area contributed by atoms with Crippen molar-refractivity contribution in [2.75, 3.05) is 0 Å². The van der Waals surface area contributed by atoms with E-state index in [1.54, 1.807) is 12.1 Å². The van der Waals surface area contributed by atoms with Gasteiger partial charge in [-0.25, -0.2) is 9.36 Å². The first-order valence-corrected chi connectivity index (χ1v) is 8.70. The Labute approximate surface area is 156 Å². The first-order valence-electron chi connectivity index (χ1n) is 8.70. The van der Waals surface area contributed by atoms with Crippen molar-refractivity contribution in [2.24, 2.45) is 4.99 Å². The number of aryl methyl sites for hydroxylation is 3.